The number of hydrogen-bond donors (Lipinski definition) is 1. The first-order valence-electron chi connectivity index (χ1n) is 7.36. The van der Waals surface area contributed by atoms with Crippen LogP contribution in [-0.2, 0) is 0 Å². The summed E-state index contributed by atoms with van der Waals surface area (Å²) in [5, 5.41) is 5.28. The van der Waals surface area contributed by atoms with Gasteiger partial charge in [0.05, 0.1) is 19.8 Å². The maximum Gasteiger partial charge on any atom is 0.275 e. The smallest absolute Gasteiger partial charge is 0.275 e. The highest BCUT2D eigenvalue weighted by molar-refractivity contribution is 14.1. The van der Waals surface area contributed by atoms with Gasteiger partial charge in [-0.25, -0.2) is 4.98 Å². The van der Waals surface area contributed by atoms with Crippen molar-refractivity contribution in [1.82, 2.24) is 4.98 Å². The second-order valence-electron chi connectivity index (χ2n) is 5.04. The van der Waals surface area contributed by atoms with Crippen molar-refractivity contribution >= 4 is 45.5 Å². The summed E-state index contributed by atoms with van der Waals surface area (Å²) in [7, 11) is 3.17. The van der Waals surface area contributed by atoms with E-state index in [1.165, 1.54) is 11.3 Å². The minimum absolute atomic E-state index is 0.245. The maximum atomic E-state index is 12.4. The fraction of sp³-hybridized carbons (Fsp3) is 0.111. The zero-order chi connectivity index (χ0) is 17.8. The lowest BCUT2D eigenvalue weighted by molar-refractivity contribution is 0.102. The lowest BCUT2D eigenvalue weighted by Gasteiger charge is -2.10. The molecule has 0 atom stereocenters. The number of benzene rings is 2. The number of amides is 1. The second kappa shape index (κ2) is 7.83. The number of anilines is 1. The van der Waals surface area contributed by atoms with E-state index >= 15 is 0 Å². The first kappa shape index (κ1) is 17.7. The Morgan fingerprint density at radius 3 is 2.56 bits per heavy atom. The molecule has 0 aliphatic heterocycles. The molecule has 7 heteroatoms. The van der Waals surface area contributed by atoms with E-state index in [1.807, 2.05) is 42.5 Å². The van der Waals surface area contributed by atoms with Crippen LogP contribution in [0.3, 0.4) is 0 Å². The summed E-state index contributed by atoms with van der Waals surface area (Å²) in [4.78, 5) is 16.8. The number of rotatable bonds is 5. The van der Waals surface area contributed by atoms with Gasteiger partial charge in [0.1, 0.15) is 10.7 Å². The molecule has 1 heterocycles. The molecule has 1 aromatic heterocycles. The molecule has 128 valence electrons. The fourth-order valence-corrected chi connectivity index (χ4v) is 3.47. The molecule has 1 N–H and O–H groups in total. The third-order valence-corrected chi connectivity index (χ3v) is 5.07. The quantitative estimate of drug-likeness (QED) is 0.555. The van der Waals surface area contributed by atoms with Crippen LogP contribution in [0.5, 0.6) is 11.5 Å². The zero-order valence-electron chi connectivity index (χ0n) is 13.6. The molecule has 0 saturated carbocycles. The predicted octanol–water partition coefficient (Wildman–Crippen LogP) is 4.68. The Morgan fingerprint density at radius 2 is 1.88 bits per heavy atom. The van der Waals surface area contributed by atoms with Crippen molar-refractivity contribution in [2.45, 2.75) is 0 Å². The first-order chi connectivity index (χ1) is 12.1. The molecule has 0 unspecified atom stereocenters. The van der Waals surface area contributed by atoms with Gasteiger partial charge in [0.25, 0.3) is 5.91 Å². The van der Waals surface area contributed by atoms with Gasteiger partial charge in [0, 0.05) is 14.6 Å². The highest BCUT2D eigenvalue weighted by Crippen LogP contribution is 2.39. The molecule has 0 bridgehead atoms. The first-order valence-corrected chi connectivity index (χ1v) is 9.32. The van der Waals surface area contributed by atoms with Gasteiger partial charge < -0.3 is 14.8 Å². The summed E-state index contributed by atoms with van der Waals surface area (Å²) in [6, 6.07) is 13.2. The number of methoxy groups -OCH3 is 2. The van der Waals surface area contributed by atoms with E-state index in [4.69, 9.17) is 9.47 Å². The topological polar surface area (TPSA) is 60.5 Å². The number of nitrogens with one attached hydrogen (secondary N) is 1. The average Bonchev–Trinajstić information content (AvgIpc) is 3.13. The SMILES string of the molecule is COc1cccc(-c2nc(C(=O)Nc3ccc(I)cc3)cs2)c1OC. The van der Waals surface area contributed by atoms with Crippen molar-refractivity contribution in [1.29, 1.82) is 0 Å². The van der Waals surface area contributed by atoms with E-state index in [1.54, 1.807) is 19.6 Å². The van der Waals surface area contributed by atoms with Crippen molar-refractivity contribution < 1.29 is 14.3 Å². The van der Waals surface area contributed by atoms with E-state index in [0.717, 1.165) is 14.8 Å². The number of aromatic nitrogens is 1. The summed E-state index contributed by atoms with van der Waals surface area (Å²) in [5.74, 6) is 0.981. The van der Waals surface area contributed by atoms with Gasteiger partial charge >= 0.3 is 0 Å². The number of thiazole rings is 1. The number of nitrogens with zero attached hydrogens (tertiary/aromatic N) is 1. The van der Waals surface area contributed by atoms with Gasteiger partial charge in [-0.05, 0) is 59.0 Å². The van der Waals surface area contributed by atoms with Crippen molar-refractivity contribution in [3.63, 3.8) is 0 Å². The maximum absolute atomic E-state index is 12.4. The van der Waals surface area contributed by atoms with Crippen LogP contribution in [0.15, 0.2) is 47.8 Å². The van der Waals surface area contributed by atoms with E-state index in [0.29, 0.717) is 22.2 Å². The Kier molecular flexibility index (Phi) is 5.54. The standard InChI is InChI=1S/C18H15IN2O3S/c1-23-15-5-3-4-13(16(15)24-2)18-21-14(10-25-18)17(22)20-12-8-6-11(19)7-9-12/h3-10H,1-2H3,(H,20,22). The molecular formula is C18H15IN2O3S. The largest absolute Gasteiger partial charge is 0.493 e. The molecule has 0 saturated heterocycles. The Balaban J connectivity index is 1.85. The number of ether oxygens (including phenoxy) is 2. The lowest BCUT2D eigenvalue weighted by atomic mass is 10.2. The van der Waals surface area contributed by atoms with Crippen molar-refractivity contribution in [2.24, 2.45) is 0 Å². The molecular weight excluding hydrogens is 451 g/mol. The molecule has 2 aromatic carbocycles. The van der Waals surface area contributed by atoms with E-state index in [9.17, 15) is 4.79 Å². The molecule has 0 aliphatic rings. The van der Waals surface area contributed by atoms with Crippen LogP contribution in [0.1, 0.15) is 10.5 Å². The molecule has 0 aliphatic carbocycles. The van der Waals surface area contributed by atoms with Gasteiger partial charge in [-0.2, -0.15) is 0 Å². The Morgan fingerprint density at radius 1 is 1.12 bits per heavy atom. The number of carbonyl (C=O) groups is 1. The minimum atomic E-state index is -0.245. The molecule has 5 nitrogen and oxygen atoms in total. The summed E-state index contributed by atoms with van der Waals surface area (Å²) >= 11 is 3.60. The average molecular weight is 466 g/mol. The van der Waals surface area contributed by atoms with Gasteiger partial charge in [-0.3, -0.25) is 4.79 Å². The van der Waals surface area contributed by atoms with Crippen molar-refractivity contribution in [3.05, 3.63) is 57.1 Å². The van der Waals surface area contributed by atoms with Crippen molar-refractivity contribution in [2.75, 3.05) is 19.5 Å². The van der Waals surface area contributed by atoms with Crippen LogP contribution in [0.4, 0.5) is 5.69 Å². The van der Waals surface area contributed by atoms with Gasteiger partial charge in [-0.1, -0.05) is 6.07 Å². The van der Waals surface area contributed by atoms with Crippen LogP contribution in [-0.4, -0.2) is 25.1 Å². The number of halogens is 1. The van der Waals surface area contributed by atoms with E-state index in [2.05, 4.69) is 32.9 Å². The molecule has 0 radical (unpaired) electrons. The van der Waals surface area contributed by atoms with Gasteiger partial charge in [-0.15, -0.1) is 11.3 Å². The predicted molar refractivity (Wildman–Crippen MR) is 108 cm³/mol. The van der Waals surface area contributed by atoms with E-state index in [-0.39, 0.29) is 5.91 Å². The van der Waals surface area contributed by atoms with Gasteiger partial charge in [0.2, 0.25) is 0 Å². The Hall–Kier alpha value is -2.13. The normalized spacial score (nSPS) is 10.4. The van der Waals surface area contributed by atoms with Crippen LogP contribution in [0, 0.1) is 3.57 Å². The zero-order valence-corrected chi connectivity index (χ0v) is 16.6. The lowest BCUT2D eigenvalue weighted by Crippen LogP contribution is -2.12. The number of hydrogen-bond acceptors (Lipinski definition) is 5. The summed E-state index contributed by atoms with van der Waals surface area (Å²) in [6.07, 6.45) is 0. The highest BCUT2D eigenvalue weighted by Gasteiger charge is 2.17. The minimum Gasteiger partial charge on any atom is -0.493 e. The molecule has 3 aromatic rings. The highest BCUT2D eigenvalue weighted by atomic mass is 127. The van der Waals surface area contributed by atoms with Crippen LogP contribution in [0.2, 0.25) is 0 Å². The molecule has 0 fully saturated rings. The monoisotopic (exact) mass is 466 g/mol. The van der Waals surface area contributed by atoms with Crippen LogP contribution < -0.4 is 14.8 Å². The third kappa shape index (κ3) is 3.93. The second-order valence-corrected chi connectivity index (χ2v) is 7.14. The summed E-state index contributed by atoms with van der Waals surface area (Å²) in [5.41, 5.74) is 1.89. The molecule has 1 amide bonds. The third-order valence-electron chi connectivity index (χ3n) is 3.47. The summed E-state index contributed by atoms with van der Waals surface area (Å²) < 4.78 is 11.9. The number of carbonyl (C=O) groups excluding carboxylic acids is 1. The van der Waals surface area contributed by atoms with Crippen LogP contribution >= 0.6 is 33.9 Å². The Labute approximate surface area is 163 Å². The Bertz CT molecular complexity index is 894. The van der Waals surface area contributed by atoms with Crippen molar-refractivity contribution in [3.8, 4) is 22.1 Å². The molecule has 3 rings (SSSR count). The van der Waals surface area contributed by atoms with E-state index < -0.39 is 0 Å². The number of para-hydroxylation sites is 1. The fourth-order valence-electron chi connectivity index (χ4n) is 2.29. The molecule has 0 spiro atoms. The van der Waals surface area contributed by atoms with Crippen LogP contribution in [0.25, 0.3) is 10.6 Å². The summed E-state index contributed by atoms with van der Waals surface area (Å²) in [6.45, 7) is 0. The van der Waals surface area contributed by atoms with Gasteiger partial charge in [0.15, 0.2) is 11.5 Å². The molecule has 25 heavy (non-hydrogen) atoms.